The van der Waals surface area contributed by atoms with E-state index in [1.165, 1.54) is 12.1 Å². The van der Waals surface area contributed by atoms with Gasteiger partial charge >= 0.3 is 0 Å². The van der Waals surface area contributed by atoms with Gasteiger partial charge in [0.05, 0.1) is 17.1 Å². The molecule has 0 aliphatic carbocycles. The molecule has 1 fully saturated rings. The van der Waals surface area contributed by atoms with Crippen LogP contribution in [0.2, 0.25) is 0 Å². The van der Waals surface area contributed by atoms with Gasteiger partial charge in [0.25, 0.3) is 0 Å². The van der Waals surface area contributed by atoms with Crippen LogP contribution >= 0.6 is 0 Å². The van der Waals surface area contributed by atoms with Crippen molar-refractivity contribution < 1.29 is 17.5 Å². The Balaban J connectivity index is 2.06. The molecule has 1 aliphatic rings. The molecule has 1 aromatic carbocycles. The molecule has 5 heteroatoms. The Morgan fingerprint density at radius 3 is 2.56 bits per heavy atom. The van der Waals surface area contributed by atoms with E-state index in [4.69, 9.17) is 4.74 Å². The molecule has 1 saturated heterocycles. The fraction of sp³-hybridized carbons (Fsp3) is 0.538. The minimum Gasteiger partial charge on any atom is -0.375 e. The van der Waals surface area contributed by atoms with Gasteiger partial charge in [-0.15, -0.1) is 0 Å². The van der Waals surface area contributed by atoms with E-state index in [2.05, 4.69) is 0 Å². The summed E-state index contributed by atoms with van der Waals surface area (Å²) in [5.41, 5.74) is -1.89. The molecule has 1 aromatic rings. The van der Waals surface area contributed by atoms with Crippen LogP contribution in [-0.2, 0) is 14.6 Å². The molecule has 1 aliphatic heterocycles. The van der Waals surface area contributed by atoms with Gasteiger partial charge in [-0.2, -0.15) is 0 Å². The molecule has 2 rings (SSSR count). The lowest BCUT2D eigenvalue weighted by atomic mass is 10.2. The molecule has 0 saturated carbocycles. The van der Waals surface area contributed by atoms with Gasteiger partial charge in [0.2, 0.25) is 15.3 Å². The number of sulfone groups is 1. The first-order chi connectivity index (χ1) is 8.50. The first-order valence-electron chi connectivity index (χ1n) is 6.08. The Morgan fingerprint density at radius 2 is 2.00 bits per heavy atom. The lowest BCUT2D eigenvalue weighted by Crippen LogP contribution is -2.23. The van der Waals surface area contributed by atoms with Crippen molar-refractivity contribution in [3.05, 3.63) is 30.3 Å². The standard InChI is InChI=1S/C13H17FO3S/c1-10-7-8-11(17-10)9-13(14)18(15,16)12-5-3-2-4-6-12/h2-6,10-11,13H,7-9H2,1H3. The molecular formula is C13H17FO3S. The fourth-order valence-corrected chi connectivity index (χ4v) is 3.45. The fourth-order valence-electron chi connectivity index (χ4n) is 2.15. The lowest BCUT2D eigenvalue weighted by Gasteiger charge is -2.15. The summed E-state index contributed by atoms with van der Waals surface area (Å²) < 4.78 is 43.4. The first kappa shape index (κ1) is 13.5. The number of alkyl halides is 1. The van der Waals surface area contributed by atoms with Gasteiger partial charge in [-0.05, 0) is 31.9 Å². The van der Waals surface area contributed by atoms with Gasteiger partial charge in [-0.1, -0.05) is 18.2 Å². The zero-order chi connectivity index (χ0) is 13.2. The third kappa shape index (κ3) is 2.90. The van der Waals surface area contributed by atoms with Gasteiger partial charge in [0, 0.05) is 6.42 Å². The van der Waals surface area contributed by atoms with Crippen molar-refractivity contribution in [3.8, 4) is 0 Å². The van der Waals surface area contributed by atoms with Crippen LogP contribution in [0.15, 0.2) is 35.2 Å². The van der Waals surface area contributed by atoms with Crippen molar-refractivity contribution in [1.82, 2.24) is 0 Å². The Hall–Kier alpha value is -0.940. The summed E-state index contributed by atoms with van der Waals surface area (Å²) in [6, 6.07) is 7.72. The SMILES string of the molecule is CC1CCC(CC(F)S(=O)(=O)c2ccccc2)O1. The molecule has 0 amide bonds. The topological polar surface area (TPSA) is 43.4 Å². The molecule has 3 nitrogen and oxygen atoms in total. The highest BCUT2D eigenvalue weighted by molar-refractivity contribution is 7.91. The van der Waals surface area contributed by atoms with Gasteiger partial charge in [0.15, 0.2) is 0 Å². The van der Waals surface area contributed by atoms with E-state index >= 15 is 0 Å². The van der Waals surface area contributed by atoms with Crippen LogP contribution in [0.4, 0.5) is 4.39 Å². The van der Waals surface area contributed by atoms with Gasteiger partial charge in [0.1, 0.15) is 0 Å². The third-order valence-electron chi connectivity index (χ3n) is 3.18. The number of ether oxygens (including phenoxy) is 1. The van der Waals surface area contributed by atoms with E-state index < -0.39 is 15.3 Å². The Labute approximate surface area is 107 Å². The zero-order valence-electron chi connectivity index (χ0n) is 10.3. The molecule has 0 N–H and O–H groups in total. The Bertz CT molecular complexity index is 486. The zero-order valence-corrected chi connectivity index (χ0v) is 11.1. The van der Waals surface area contributed by atoms with Crippen LogP contribution in [0.1, 0.15) is 26.2 Å². The predicted molar refractivity (Wildman–Crippen MR) is 66.7 cm³/mol. The molecule has 3 atom stereocenters. The second-order valence-electron chi connectivity index (χ2n) is 4.65. The number of benzene rings is 1. The van der Waals surface area contributed by atoms with E-state index in [0.29, 0.717) is 0 Å². The van der Waals surface area contributed by atoms with E-state index in [-0.39, 0.29) is 23.5 Å². The smallest absolute Gasteiger partial charge is 0.210 e. The number of halogens is 1. The summed E-state index contributed by atoms with van der Waals surface area (Å²) in [6.45, 7) is 1.92. The second kappa shape index (κ2) is 5.36. The normalized spacial score (nSPS) is 26.1. The van der Waals surface area contributed by atoms with Gasteiger partial charge < -0.3 is 4.74 Å². The molecule has 3 unspecified atom stereocenters. The maximum absolute atomic E-state index is 14.0. The van der Waals surface area contributed by atoms with Crippen LogP contribution in [0, 0.1) is 0 Å². The van der Waals surface area contributed by atoms with Gasteiger partial charge in [-0.3, -0.25) is 0 Å². The quantitative estimate of drug-likeness (QED) is 0.846. The molecular weight excluding hydrogens is 255 g/mol. The summed E-state index contributed by atoms with van der Waals surface area (Å²) in [7, 11) is -3.89. The van der Waals surface area contributed by atoms with Gasteiger partial charge in [-0.25, -0.2) is 12.8 Å². The van der Waals surface area contributed by atoms with Crippen molar-refractivity contribution in [2.75, 3.05) is 0 Å². The largest absolute Gasteiger partial charge is 0.375 e. The van der Waals surface area contributed by atoms with E-state index in [9.17, 15) is 12.8 Å². The van der Waals surface area contributed by atoms with Crippen molar-refractivity contribution in [2.45, 2.75) is 48.8 Å². The second-order valence-corrected chi connectivity index (χ2v) is 6.72. The van der Waals surface area contributed by atoms with Crippen LogP contribution < -0.4 is 0 Å². The number of hydrogen-bond donors (Lipinski definition) is 0. The van der Waals surface area contributed by atoms with Crippen molar-refractivity contribution >= 4 is 9.84 Å². The van der Waals surface area contributed by atoms with E-state index in [1.54, 1.807) is 18.2 Å². The van der Waals surface area contributed by atoms with Crippen molar-refractivity contribution in [2.24, 2.45) is 0 Å². The van der Waals surface area contributed by atoms with Crippen molar-refractivity contribution in [3.63, 3.8) is 0 Å². The predicted octanol–water partition coefficient (Wildman–Crippen LogP) is 2.71. The molecule has 18 heavy (non-hydrogen) atoms. The van der Waals surface area contributed by atoms with Crippen LogP contribution in [-0.4, -0.2) is 26.1 Å². The summed E-state index contributed by atoms with van der Waals surface area (Å²) >= 11 is 0. The lowest BCUT2D eigenvalue weighted by molar-refractivity contribution is 0.0436. The van der Waals surface area contributed by atoms with E-state index in [0.717, 1.165) is 12.8 Å². The number of hydrogen-bond acceptors (Lipinski definition) is 3. The summed E-state index contributed by atoms with van der Waals surface area (Å²) in [6.07, 6.45) is 1.33. The molecule has 0 spiro atoms. The molecule has 0 radical (unpaired) electrons. The maximum atomic E-state index is 14.0. The van der Waals surface area contributed by atoms with Crippen molar-refractivity contribution in [1.29, 1.82) is 0 Å². The average molecular weight is 272 g/mol. The first-order valence-corrected chi connectivity index (χ1v) is 7.63. The van der Waals surface area contributed by atoms with Crippen LogP contribution in [0.25, 0.3) is 0 Å². The number of rotatable bonds is 4. The summed E-state index contributed by atoms with van der Waals surface area (Å²) in [4.78, 5) is 0.0311. The molecule has 0 bridgehead atoms. The van der Waals surface area contributed by atoms with Crippen LogP contribution in [0.3, 0.4) is 0 Å². The highest BCUT2D eigenvalue weighted by Gasteiger charge is 2.32. The minimum atomic E-state index is -3.89. The van der Waals surface area contributed by atoms with E-state index in [1.807, 2.05) is 6.92 Å². The summed E-state index contributed by atoms with van der Waals surface area (Å²) in [5.74, 6) is 0. The molecule has 0 aromatic heterocycles. The highest BCUT2D eigenvalue weighted by Crippen LogP contribution is 2.27. The summed E-state index contributed by atoms with van der Waals surface area (Å²) in [5, 5.41) is 0. The monoisotopic (exact) mass is 272 g/mol. The highest BCUT2D eigenvalue weighted by atomic mass is 32.2. The van der Waals surface area contributed by atoms with Crippen LogP contribution in [0.5, 0.6) is 0 Å². The maximum Gasteiger partial charge on any atom is 0.210 e. The average Bonchev–Trinajstić information content (AvgIpc) is 2.76. The molecule has 100 valence electrons. The Kier molecular flexibility index (Phi) is 4.02. The molecule has 1 heterocycles. The minimum absolute atomic E-state index is 0.0311. The third-order valence-corrected chi connectivity index (χ3v) is 4.97. The Morgan fingerprint density at radius 1 is 1.33 bits per heavy atom.